The highest BCUT2D eigenvalue weighted by Gasteiger charge is 2.23. The van der Waals surface area contributed by atoms with Crippen molar-refractivity contribution in [2.45, 2.75) is 40.0 Å². The Balaban J connectivity index is 1.78. The predicted molar refractivity (Wildman–Crippen MR) is 91.7 cm³/mol. The summed E-state index contributed by atoms with van der Waals surface area (Å²) in [4.78, 5) is 14.6. The van der Waals surface area contributed by atoms with Crippen molar-refractivity contribution >= 4 is 5.91 Å². The van der Waals surface area contributed by atoms with Gasteiger partial charge in [0.2, 0.25) is 5.91 Å². The van der Waals surface area contributed by atoms with Gasteiger partial charge in [-0.1, -0.05) is 25.1 Å². The summed E-state index contributed by atoms with van der Waals surface area (Å²) in [6.45, 7) is 8.09. The summed E-state index contributed by atoms with van der Waals surface area (Å²) in [6, 6.07) is 10.1. The normalized spacial score (nSPS) is 15.9. The number of hydrogen-bond donors (Lipinski definition) is 0. The molecule has 1 saturated heterocycles. The lowest BCUT2D eigenvalue weighted by Crippen LogP contribution is -2.38. The minimum absolute atomic E-state index is 0.232. The first-order valence-corrected chi connectivity index (χ1v) is 8.44. The van der Waals surface area contributed by atoms with E-state index in [9.17, 15) is 4.79 Å². The molecular formula is C19H25N3O. The van der Waals surface area contributed by atoms with Gasteiger partial charge < -0.3 is 4.90 Å². The maximum absolute atomic E-state index is 12.6. The molecule has 122 valence electrons. The fraction of sp³-hybridized carbons (Fsp3) is 0.474. The molecule has 0 radical (unpaired) electrons. The van der Waals surface area contributed by atoms with Crippen molar-refractivity contribution in [3.63, 3.8) is 0 Å². The topological polar surface area (TPSA) is 38.1 Å². The van der Waals surface area contributed by atoms with Crippen LogP contribution >= 0.6 is 0 Å². The molecule has 0 spiro atoms. The van der Waals surface area contributed by atoms with Crippen LogP contribution in [-0.4, -0.2) is 33.7 Å². The minimum Gasteiger partial charge on any atom is -0.342 e. The van der Waals surface area contributed by atoms with Crippen LogP contribution in [0.2, 0.25) is 0 Å². The number of hydrogen-bond acceptors (Lipinski definition) is 2. The maximum atomic E-state index is 12.6. The van der Waals surface area contributed by atoms with Gasteiger partial charge in [-0.2, -0.15) is 5.10 Å². The largest absolute Gasteiger partial charge is 0.342 e. The number of amides is 1. The Morgan fingerprint density at radius 3 is 2.48 bits per heavy atom. The van der Waals surface area contributed by atoms with Crippen molar-refractivity contribution in [3.8, 4) is 5.69 Å². The van der Waals surface area contributed by atoms with Crippen LogP contribution in [0.5, 0.6) is 0 Å². The molecule has 0 saturated carbocycles. The Morgan fingerprint density at radius 2 is 1.83 bits per heavy atom. The van der Waals surface area contributed by atoms with E-state index < -0.39 is 0 Å². The molecule has 0 atom stereocenters. The molecule has 23 heavy (non-hydrogen) atoms. The van der Waals surface area contributed by atoms with Gasteiger partial charge in [0.25, 0.3) is 0 Å². The van der Waals surface area contributed by atoms with Crippen LogP contribution in [0.4, 0.5) is 0 Å². The van der Waals surface area contributed by atoms with Crippen LogP contribution in [0.1, 0.15) is 36.7 Å². The highest BCUT2D eigenvalue weighted by Crippen LogP contribution is 2.21. The first kappa shape index (κ1) is 15.8. The van der Waals surface area contributed by atoms with Gasteiger partial charge >= 0.3 is 0 Å². The number of rotatable bonds is 3. The average Bonchev–Trinajstić information content (AvgIpc) is 2.84. The summed E-state index contributed by atoms with van der Waals surface area (Å²) in [7, 11) is 0. The number of nitrogens with zero attached hydrogens (tertiary/aromatic N) is 3. The van der Waals surface area contributed by atoms with Crippen molar-refractivity contribution in [3.05, 3.63) is 47.3 Å². The van der Waals surface area contributed by atoms with Crippen LogP contribution in [0.15, 0.2) is 30.3 Å². The van der Waals surface area contributed by atoms with Crippen molar-refractivity contribution in [1.29, 1.82) is 0 Å². The van der Waals surface area contributed by atoms with E-state index in [4.69, 9.17) is 0 Å². The monoisotopic (exact) mass is 311 g/mol. The summed E-state index contributed by atoms with van der Waals surface area (Å²) in [5.41, 5.74) is 4.12. The summed E-state index contributed by atoms with van der Waals surface area (Å²) in [5, 5.41) is 4.64. The van der Waals surface area contributed by atoms with Gasteiger partial charge in [-0.25, -0.2) is 4.68 Å². The molecule has 1 aromatic carbocycles. The zero-order valence-corrected chi connectivity index (χ0v) is 14.2. The molecule has 1 aliphatic rings. The lowest BCUT2D eigenvalue weighted by atomic mass is 9.98. The lowest BCUT2D eigenvalue weighted by Gasteiger charge is -2.30. The highest BCUT2D eigenvalue weighted by molar-refractivity contribution is 5.79. The van der Waals surface area contributed by atoms with Gasteiger partial charge in [0.15, 0.2) is 0 Å². The smallest absolute Gasteiger partial charge is 0.227 e. The van der Waals surface area contributed by atoms with E-state index in [2.05, 4.69) is 12.0 Å². The van der Waals surface area contributed by atoms with E-state index >= 15 is 0 Å². The van der Waals surface area contributed by atoms with Crippen molar-refractivity contribution in [2.24, 2.45) is 5.92 Å². The van der Waals surface area contributed by atoms with E-state index in [1.165, 1.54) is 0 Å². The SMILES string of the molecule is Cc1nn(-c2ccccc2)c(C)c1CC(=O)N1CCC(C)CC1. The summed E-state index contributed by atoms with van der Waals surface area (Å²) in [6.07, 6.45) is 2.69. The summed E-state index contributed by atoms with van der Waals surface area (Å²) in [5.74, 6) is 0.971. The third kappa shape index (κ3) is 3.31. The van der Waals surface area contributed by atoms with Gasteiger partial charge in [-0.3, -0.25) is 4.79 Å². The van der Waals surface area contributed by atoms with Crippen LogP contribution in [0.25, 0.3) is 5.69 Å². The van der Waals surface area contributed by atoms with Crippen molar-refractivity contribution < 1.29 is 4.79 Å². The van der Waals surface area contributed by atoms with Gasteiger partial charge in [-0.15, -0.1) is 0 Å². The predicted octanol–water partition coefficient (Wildman–Crippen LogP) is 3.29. The van der Waals surface area contributed by atoms with Crippen molar-refractivity contribution in [2.75, 3.05) is 13.1 Å². The third-order valence-electron chi connectivity index (χ3n) is 4.91. The van der Waals surface area contributed by atoms with Gasteiger partial charge in [0, 0.05) is 24.3 Å². The number of aromatic nitrogens is 2. The molecule has 1 fully saturated rings. The summed E-state index contributed by atoms with van der Waals surface area (Å²) < 4.78 is 1.94. The van der Waals surface area contributed by atoms with Crippen LogP contribution in [0.3, 0.4) is 0 Å². The molecular weight excluding hydrogens is 286 g/mol. The second kappa shape index (κ2) is 6.57. The highest BCUT2D eigenvalue weighted by atomic mass is 16.2. The molecule has 2 heterocycles. The number of aryl methyl sites for hydroxylation is 1. The van der Waals surface area contributed by atoms with E-state index in [-0.39, 0.29) is 5.91 Å². The summed E-state index contributed by atoms with van der Waals surface area (Å²) >= 11 is 0. The Labute approximate surface area is 138 Å². The number of likely N-dealkylation sites (tertiary alicyclic amines) is 1. The van der Waals surface area contributed by atoms with E-state index in [0.29, 0.717) is 6.42 Å². The fourth-order valence-electron chi connectivity index (χ4n) is 3.27. The fourth-order valence-corrected chi connectivity index (χ4v) is 3.27. The van der Waals surface area contributed by atoms with E-state index in [1.807, 2.05) is 53.8 Å². The Bertz CT molecular complexity index is 682. The zero-order chi connectivity index (χ0) is 16.4. The molecule has 0 unspecified atom stereocenters. The van der Waals surface area contributed by atoms with Gasteiger partial charge in [0.05, 0.1) is 17.8 Å². The minimum atomic E-state index is 0.232. The molecule has 0 N–H and O–H groups in total. The van der Waals surface area contributed by atoms with E-state index in [1.54, 1.807) is 0 Å². The molecule has 3 rings (SSSR count). The number of carbonyl (C=O) groups is 1. The molecule has 0 aliphatic carbocycles. The van der Waals surface area contributed by atoms with E-state index in [0.717, 1.165) is 54.5 Å². The molecule has 2 aromatic rings. The number of carbonyl (C=O) groups excluding carboxylic acids is 1. The lowest BCUT2D eigenvalue weighted by molar-refractivity contribution is -0.131. The molecule has 0 bridgehead atoms. The Kier molecular flexibility index (Phi) is 4.51. The standard InChI is InChI=1S/C19H25N3O/c1-14-9-11-21(12-10-14)19(23)13-18-15(2)20-22(16(18)3)17-7-5-4-6-8-17/h4-8,14H,9-13H2,1-3H3. The first-order chi connectivity index (χ1) is 11.1. The molecule has 1 aromatic heterocycles. The van der Waals surface area contributed by atoms with Gasteiger partial charge in [0.1, 0.15) is 0 Å². The second-order valence-electron chi connectivity index (χ2n) is 6.64. The third-order valence-corrected chi connectivity index (χ3v) is 4.91. The number of piperidine rings is 1. The van der Waals surface area contributed by atoms with Crippen LogP contribution in [-0.2, 0) is 11.2 Å². The van der Waals surface area contributed by atoms with Crippen LogP contribution < -0.4 is 0 Å². The van der Waals surface area contributed by atoms with Crippen molar-refractivity contribution in [1.82, 2.24) is 14.7 Å². The molecule has 4 heteroatoms. The van der Waals surface area contributed by atoms with Gasteiger partial charge in [-0.05, 0) is 44.7 Å². The molecule has 1 aliphatic heterocycles. The zero-order valence-electron chi connectivity index (χ0n) is 14.2. The van der Waals surface area contributed by atoms with Crippen LogP contribution in [0, 0.1) is 19.8 Å². The second-order valence-corrected chi connectivity index (χ2v) is 6.64. The Morgan fingerprint density at radius 1 is 1.17 bits per heavy atom. The Hall–Kier alpha value is -2.10. The average molecular weight is 311 g/mol. The number of benzene rings is 1. The molecule has 1 amide bonds. The quantitative estimate of drug-likeness (QED) is 0.872. The number of para-hydroxylation sites is 1. The maximum Gasteiger partial charge on any atom is 0.227 e. The molecule has 4 nitrogen and oxygen atoms in total. The first-order valence-electron chi connectivity index (χ1n) is 8.44.